The van der Waals surface area contributed by atoms with Gasteiger partial charge < -0.3 is 9.64 Å². The van der Waals surface area contributed by atoms with Crippen molar-refractivity contribution in [3.63, 3.8) is 0 Å². The predicted molar refractivity (Wildman–Crippen MR) is 269 cm³/mol. The first kappa shape index (κ1) is 37.3. The predicted octanol–water partition coefficient (Wildman–Crippen LogP) is 17.6. The molecule has 1 heterocycles. The van der Waals surface area contributed by atoms with Crippen LogP contribution < -0.4 is 9.64 Å². The summed E-state index contributed by atoms with van der Waals surface area (Å²) in [7, 11) is 0. The highest BCUT2D eigenvalue weighted by atomic mass is 16.5. The van der Waals surface area contributed by atoms with E-state index in [1.54, 1.807) is 0 Å². The summed E-state index contributed by atoms with van der Waals surface area (Å²) in [6.07, 6.45) is 0. The maximum atomic E-state index is 6.39. The van der Waals surface area contributed by atoms with Gasteiger partial charge in [-0.1, -0.05) is 194 Å². The molecule has 2 heteroatoms. The molecule has 0 aliphatic carbocycles. The van der Waals surface area contributed by atoms with Gasteiger partial charge in [-0.3, -0.25) is 0 Å². The first-order chi connectivity index (χ1) is 31.7. The average molecular weight is 816 g/mol. The average Bonchev–Trinajstić information content (AvgIpc) is 3.37. The Morgan fingerprint density at radius 2 is 0.797 bits per heavy atom. The molecular formula is C62H41NO. The van der Waals surface area contributed by atoms with Crippen LogP contribution in [-0.2, 0) is 0 Å². The number of anilines is 3. The van der Waals surface area contributed by atoms with Crippen LogP contribution in [0.25, 0.3) is 88.3 Å². The second-order valence-electron chi connectivity index (χ2n) is 16.5. The van der Waals surface area contributed by atoms with E-state index in [1.165, 1.54) is 49.7 Å². The molecule has 12 rings (SSSR count). The second-order valence-corrected chi connectivity index (χ2v) is 16.5. The zero-order valence-electron chi connectivity index (χ0n) is 35.0. The van der Waals surface area contributed by atoms with E-state index >= 15 is 0 Å². The molecule has 0 unspecified atom stereocenters. The van der Waals surface area contributed by atoms with E-state index < -0.39 is 0 Å². The SMILES string of the molecule is c1ccc(-c2ccc(-c3ccccc3N(c3ccc(-c4ccc(-c5cccc6ccccc56)cc4)cc3)c3cccc(-c4cc5c6c(cccc6c4)Oc4ccccc4-5)c3)cc2)cc1. The quantitative estimate of drug-likeness (QED) is 0.151. The largest absolute Gasteiger partial charge is 0.456 e. The zero-order valence-corrected chi connectivity index (χ0v) is 35.0. The molecule has 0 amide bonds. The number of fused-ring (bicyclic) bond motifs is 3. The van der Waals surface area contributed by atoms with Gasteiger partial charge in [-0.2, -0.15) is 0 Å². The van der Waals surface area contributed by atoms with Crippen LogP contribution in [0.1, 0.15) is 0 Å². The molecule has 2 nitrogen and oxygen atoms in total. The van der Waals surface area contributed by atoms with Crippen molar-refractivity contribution in [1.29, 1.82) is 0 Å². The Hall–Kier alpha value is -8.46. The smallest absolute Gasteiger partial charge is 0.135 e. The molecule has 0 saturated heterocycles. The molecule has 1 aliphatic rings. The summed E-state index contributed by atoms with van der Waals surface area (Å²) in [5.41, 5.74) is 17.4. The van der Waals surface area contributed by atoms with Gasteiger partial charge >= 0.3 is 0 Å². The Morgan fingerprint density at radius 1 is 0.266 bits per heavy atom. The van der Waals surface area contributed by atoms with Crippen molar-refractivity contribution in [2.45, 2.75) is 0 Å². The Morgan fingerprint density at radius 3 is 1.59 bits per heavy atom. The van der Waals surface area contributed by atoms with E-state index in [2.05, 4.69) is 248 Å². The third kappa shape index (κ3) is 6.70. The van der Waals surface area contributed by atoms with Gasteiger partial charge in [0.2, 0.25) is 0 Å². The molecule has 0 N–H and O–H groups in total. The summed E-state index contributed by atoms with van der Waals surface area (Å²) < 4.78 is 6.39. The van der Waals surface area contributed by atoms with E-state index in [4.69, 9.17) is 4.74 Å². The van der Waals surface area contributed by atoms with Crippen LogP contribution in [0, 0.1) is 0 Å². The van der Waals surface area contributed by atoms with Crippen LogP contribution in [0.3, 0.4) is 0 Å². The van der Waals surface area contributed by atoms with Gasteiger partial charge in [0.15, 0.2) is 0 Å². The van der Waals surface area contributed by atoms with Crippen molar-refractivity contribution in [3.8, 4) is 78.3 Å². The van der Waals surface area contributed by atoms with Gasteiger partial charge in [0, 0.05) is 27.9 Å². The van der Waals surface area contributed by atoms with Crippen molar-refractivity contribution in [2.75, 3.05) is 4.90 Å². The third-order valence-corrected chi connectivity index (χ3v) is 12.7. The lowest BCUT2D eigenvalue weighted by atomic mass is 9.90. The number of nitrogens with zero attached hydrogens (tertiary/aromatic N) is 1. The highest BCUT2D eigenvalue weighted by Gasteiger charge is 2.22. The molecule has 0 bridgehead atoms. The van der Waals surface area contributed by atoms with Gasteiger partial charge in [-0.25, -0.2) is 0 Å². The molecule has 11 aromatic rings. The molecule has 0 atom stereocenters. The highest BCUT2D eigenvalue weighted by Crippen LogP contribution is 2.49. The molecular weight excluding hydrogens is 775 g/mol. The van der Waals surface area contributed by atoms with E-state index in [1.807, 2.05) is 6.07 Å². The minimum Gasteiger partial charge on any atom is -0.456 e. The van der Waals surface area contributed by atoms with E-state index in [-0.39, 0.29) is 0 Å². The number of hydrogen-bond donors (Lipinski definition) is 0. The van der Waals surface area contributed by atoms with Crippen molar-refractivity contribution in [2.24, 2.45) is 0 Å². The summed E-state index contributed by atoms with van der Waals surface area (Å²) in [4.78, 5) is 2.41. The minimum atomic E-state index is 0.886. The molecule has 0 radical (unpaired) electrons. The fourth-order valence-corrected chi connectivity index (χ4v) is 9.51. The van der Waals surface area contributed by atoms with Crippen molar-refractivity contribution in [1.82, 2.24) is 0 Å². The Kier molecular flexibility index (Phi) is 9.20. The molecule has 0 spiro atoms. The first-order valence-electron chi connectivity index (χ1n) is 21.9. The van der Waals surface area contributed by atoms with Crippen molar-refractivity contribution < 1.29 is 4.74 Å². The maximum absolute atomic E-state index is 6.39. The Bertz CT molecular complexity index is 3490. The monoisotopic (exact) mass is 815 g/mol. The van der Waals surface area contributed by atoms with E-state index in [0.29, 0.717) is 0 Å². The molecule has 0 saturated carbocycles. The van der Waals surface area contributed by atoms with Gasteiger partial charge in [0.05, 0.1) is 5.69 Å². The lowest BCUT2D eigenvalue weighted by Gasteiger charge is -2.28. The molecule has 64 heavy (non-hydrogen) atoms. The summed E-state index contributed by atoms with van der Waals surface area (Å²) in [5.74, 6) is 1.78. The van der Waals surface area contributed by atoms with Gasteiger partial charge in [0.25, 0.3) is 0 Å². The van der Waals surface area contributed by atoms with Gasteiger partial charge in [-0.05, 0) is 126 Å². The van der Waals surface area contributed by atoms with Crippen LogP contribution >= 0.6 is 0 Å². The summed E-state index contributed by atoms with van der Waals surface area (Å²) >= 11 is 0. The number of hydrogen-bond acceptors (Lipinski definition) is 2. The summed E-state index contributed by atoms with van der Waals surface area (Å²) in [5, 5.41) is 4.83. The van der Waals surface area contributed by atoms with Crippen LogP contribution in [-0.4, -0.2) is 0 Å². The Balaban J connectivity index is 0.959. The first-order valence-corrected chi connectivity index (χ1v) is 21.9. The molecule has 300 valence electrons. The number of ether oxygens (including phenoxy) is 1. The van der Waals surface area contributed by atoms with Gasteiger partial charge in [0.1, 0.15) is 11.5 Å². The summed E-state index contributed by atoms with van der Waals surface area (Å²) in [6, 6.07) is 89.7. The fraction of sp³-hybridized carbons (Fsp3) is 0. The molecule has 1 aliphatic heterocycles. The number of benzene rings is 11. The Labute approximate surface area is 373 Å². The van der Waals surface area contributed by atoms with Crippen LogP contribution in [0.5, 0.6) is 11.5 Å². The zero-order chi connectivity index (χ0) is 42.4. The lowest BCUT2D eigenvalue weighted by molar-refractivity contribution is 0.487. The number of para-hydroxylation sites is 2. The van der Waals surface area contributed by atoms with Crippen LogP contribution in [0.15, 0.2) is 249 Å². The molecule has 11 aromatic carbocycles. The standard InChI is InChI=1S/C62H41NO/c1-2-13-42(14-3-1)43-29-33-48(34-30-43)56-21-6-8-24-59(56)63(52-37-35-45(36-38-52)44-27-31-47(32-28-44)55-23-11-16-46-15-4-5-20-54(46)55)53-19-10-17-49(40-53)51-39-50-18-12-26-61-62(50)58(41-51)57-22-7-9-25-60(57)64-61/h1-41H. The van der Waals surface area contributed by atoms with Crippen LogP contribution in [0.4, 0.5) is 17.1 Å². The summed E-state index contributed by atoms with van der Waals surface area (Å²) in [6.45, 7) is 0. The minimum absolute atomic E-state index is 0.886. The third-order valence-electron chi connectivity index (χ3n) is 12.7. The molecule has 0 fully saturated rings. The maximum Gasteiger partial charge on any atom is 0.135 e. The van der Waals surface area contributed by atoms with Crippen LogP contribution in [0.2, 0.25) is 0 Å². The number of rotatable bonds is 8. The normalized spacial score (nSPS) is 11.6. The molecule has 0 aromatic heterocycles. The van der Waals surface area contributed by atoms with Gasteiger partial charge in [-0.15, -0.1) is 0 Å². The van der Waals surface area contributed by atoms with Crippen molar-refractivity contribution >= 4 is 38.6 Å². The van der Waals surface area contributed by atoms with E-state index in [9.17, 15) is 0 Å². The highest BCUT2D eigenvalue weighted by molar-refractivity contribution is 6.06. The lowest BCUT2D eigenvalue weighted by Crippen LogP contribution is -2.11. The van der Waals surface area contributed by atoms with Crippen molar-refractivity contribution in [3.05, 3.63) is 249 Å². The fourth-order valence-electron chi connectivity index (χ4n) is 9.51. The van der Waals surface area contributed by atoms with E-state index in [0.717, 1.165) is 67.2 Å². The second kappa shape index (κ2) is 15.8. The topological polar surface area (TPSA) is 12.5 Å².